The first-order valence-corrected chi connectivity index (χ1v) is 5.52. The van der Waals surface area contributed by atoms with Crippen LogP contribution in [0.1, 0.15) is 18.9 Å². The summed E-state index contributed by atoms with van der Waals surface area (Å²) >= 11 is 0. The highest BCUT2D eigenvalue weighted by atomic mass is 16.3. The van der Waals surface area contributed by atoms with Crippen molar-refractivity contribution >= 4 is 0 Å². The molecule has 0 aliphatic heterocycles. The normalized spacial score (nSPS) is 9.81. The van der Waals surface area contributed by atoms with Crippen molar-refractivity contribution in [1.29, 1.82) is 0 Å². The minimum atomic E-state index is 0.321. The summed E-state index contributed by atoms with van der Waals surface area (Å²) in [5, 5.41) is 9.94. The summed E-state index contributed by atoms with van der Waals surface area (Å²) in [5.74, 6) is 0.321. The van der Waals surface area contributed by atoms with Crippen LogP contribution in [0.2, 0.25) is 0 Å². The van der Waals surface area contributed by atoms with E-state index in [1.54, 1.807) is 6.07 Å². The number of aromatic hydroxyl groups is 1. The van der Waals surface area contributed by atoms with E-state index in [9.17, 15) is 5.11 Å². The quantitative estimate of drug-likeness (QED) is 0.820. The molecule has 0 unspecified atom stereocenters. The summed E-state index contributed by atoms with van der Waals surface area (Å²) in [4.78, 5) is 0. The van der Waals surface area contributed by atoms with Gasteiger partial charge in [0, 0.05) is 11.1 Å². The SMILES string of the molecule is CCCc1cccc(O)c1-c1c#cccc1. The molecule has 0 saturated carbocycles. The number of aryl methyl sites for hydroxylation is 1. The van der Waals surface area contributed by atoms with Crippen molar-refractivity contribution in [1.82, 2.24) is 0 Å². The smallest absolute Gasteiger partial charge is 0.124 e. The third-order valence-electron chi connectivity index (χ3n) is 2.57. The lowest BCUT2D eigenvalue weighted by atomic mass is 9.97. The molecule has 0 radical (unpaired) electrons. The van der Waals surface area contributed by atoms with Gasteiger partial charge in [0.2, 0.25) is 0 Å². The Morgan fingerprint density at radius 2 is 2.06 bits per heavy atom. The number of phenolic OH excluding ortho intramolecular Hbond substituents is 1. The summed E-state index contributed by atoms with van der Waals surface area (Å²) < 4.78 is 0. The Kier molecular flexibility index (Phi) is 3.12. The average molecular weight is 210 g/mol. The van der Waals surface area contributed by atoms with Crippen LogP contribution >= 0.6 is 0 Å². The third-order valence-corrected chi connectivity index (χ3v) is 2.57. The van der Waals surface area contributed by atoms with E-state index >= 15 is 0 Å². The molecule has 0 amide bonds. The fraction of sp³-hybridized carbons (Fsp3) is 0.200. The van der Waals surface area contributed by atoms with E-state index in [4.69, 9.17) is 0 Å². The van der Waals surface area contributed by atoms with E-state index < -0.39 is 0 Å². The van der Waals surface area contributed by atoms with Crippen LogP contribution in [0.25, 0.3) is 11.1 Å². The Hall–Kier alpha value is -1.94. The number of phenols is 1. The third kappa shape index (κ3) is 2.01. The van der Waals surface area contributed by atoms with Crippen molar-refractivity contribution < 1.29 is 5.11 Å². The topological polar surface area (TPSA) is 20.2 Å². The van der Waals surface area contributed by atoms with Gasteiger partial charge < -0.3 is 5.11 Å². The maximum absolute atomic E-state index is 9.94. The monoisotopic (exact) mass is 210 g/mol. The van der Waals surface area contributed by atoms with Crippen LogP contribution in [0.3, 0.4) is 0 Å². The highest BCUT2D eigenvalue weighted by Gasteiger charge is 2.08. The van der Waals surface area contributed by atoms with E-state index in [1.807, 2.05) is 24.3 Å². The number of rotatable bonds is 3. The Morgan fingerprint density at radius 1 is 1.19 bits per heavy atom. The van der Waals surface area contributed by atoms with Crippen LogP contribution in [0.15, 0.2) is 36.4 Å². The summed E-state index contributed by atoms with van der Waals surface area (Å²) in [6.07, 6.45) is 2.03. The van der Waals surface area contributed by atoms with Crippen LogP contribution in [0.5, 0.6) is 5.75 Å². The standard InChI is InChI=1S/C15H14O/c1-2-7-12-10-6-11-14(16)15(12)13-8-4-3-5-9-13/h3-4,6,8,10-11,16H,2,7H2,1H3. The van der Waals surface area contributed by atoms with Crippen LogP contribution < -0.4 is 0 Å². The predicted molar refractivity (Wildman–Crippen MR) is 65.2 cm³/mol. The molecule has 0 bridgehead atoms. The molecule has 2 rings (SSSR count). The summed E-state index contributed by atoms with van der Waals surface area (Å²) in [6.45, 7) is 2.13. The Labute approximate surface area is 96.4 Å². The molecule has 2 aromatic rings. The molecule has 2 aromatic carbocycles. The maximum Gasteiger partial charge on any atom is 0.124 e. The van der Waals surface area contributed by atoms with Gasteiger partial charge in [-0.2, -0.15) is 0 Å². The van der Waals surface area contributed by atoms with Crippen LogP contribution in [0.4, 0.5) is 0 Å². The molecule has 0 saturated heterocycles. The summed E-state index contributed by atoms with van der Waals surface area (Å²) in [5.41, 5.74) is 2.96. The number of hydrogen-bond acceptors (Lipinski definition) is 1. The largest absolute Gasteiger partial charge is 0.507 e. The van der Waals surface area contributed by atoms with Gasteiger partial charge in [-0.3, -0.25) is 0 Å². The fourth-order valence-corrected chi connectivity index (χ4v) is 1.87. The molecule has 0 spiro atoms. The Bertz CT molecular complexity index is 460. The lowest BCUT2D eigenvalue weighted by Gasteiger charge is -2.09. The van der Waals surface area contributed by atoms with Gasteiger partial charge in [0.25, 0.3) is 0 Å². The average Bonchev–Trinajstić information content (AvgIpc) is 2.31. The van der Waals surface area contributed by atoms with E-state index in [2.05, 4.69) is 25.1 Å². The highest BCUT2D eigenvalue weighted by molar-refractivity contribution is 5.72. The van der Waals surface area contributed by atoms with Crippen molar-refractivity contribution in [2.75, 3.05) is 0 Å². The molecule has 0 heterocycles. The van der Waals surface area contributed by atoms with Crippen LogP contribution in [0, 0.1) is 12.1 Å². The predicted octanol–water partition coefficient (Wildman–Crippen LogP) is 3.61. The lowest BCUT2D eigenvalue weighted by Crippen LogP contribution is -1.89. The van der Waals surface area contributed by atoms with Gasteiger partial charge in [-0.15, -0.1) is 0 Å². The van der Waals surface area contributed by atoms with Crippen molar-refractivity contribution in [3.05, 3.63) is 54.1 Å². The van der Waals surface area contributed by atoms with Gasteiger partial charge in [0.15, 0.2) is 0 Å². The zero-order chi connectivity index (χ0) is 11.4. The number of hydrogen-bond donors (Lipinski definition) is 1. The van der Waals surface area contributed by atoms with Gasteiger partial charge in [-0.25, -0.2) is 0 Å². The molecule has 80 valence electrons. The lowest BCUT2D eigenvalue weighted by molar-refractivity contribution is 0.476. The minimum Gasteiger partial charge on any atom is -0.507 e. The number of benzene rings is 1. The second kappa shape index (κ2) is 4.72. The van der Waals surface area contributed by atoms with Gasteiger partial charge in [-0.1, -0.05) is 43.7 Å². The molecular weight excluding hydrogens is 196 g/mol. The molecule has 0 aliphatic rings. The van der Waals surface area contributed by atoms with E-state index in [0.29, 0.717) is 5.75 Å². The van der Waals surface area contributed by atoms with Gasteiger partial charge in [0.1, 0.15) is 5.75 Å². The molecule has 1 nitrogen and oxygen atoms in total. The van der Waals surface area contributed by atoms with Crippen LogP contribution in [-0.4, -0.2) is 5.11 Å². The van der Waals surface area contributed by atoms with E-state index in [0.717, 1.165) is 24.0 Å². The summed E-state index contributed by atoms with van der Waals surface area (Å²) in [7, 11) is 0. The zero-order valence-corrected chi connectivity index (χ0v) is 9.33. The zero-order valence-electron chi connectivity index (χ0n) is 9.33. The molecule has 16 heavy (non-hydrogen) atoms. The first-order chi connectivity index (χ1) is 7.83. The molecule has 0 aromatic heterocycles. The first-order valence-electron chi connectivity index (χ1n) is 5.52. The molecular formula is C15H14O. The van der Waals surface area contributed by atoms with Crippen molar-refractivity contribution in [3.8, 4) is 16.9 Å². The molecule has 1 N–H and O–H groups in total. The first kappa shape index (κ1) is 10.6. The van der Waals surface area contributed by atoms with Gasteiger partial charge in [0.05, 0.1) is 0 Å². The van der Waals surface area contributed by atoms with Crippen LogP contribution in [-0.2, 0) is 6.42 Å². The van der Waals surface area contributed by atoms with E-state index in [1.165, 1.54) is 5.56 Å². The second-order valence-electron chi connectivity index (χ2n) is 3.77. The van der Waals surface area contributed by atoms with Crippen molar-refractivity contribution in [2.24, 2.45) is 0 Å². The fourth-order valence-electron chi connectivity index (χ4n) is 1.87. The molecule has 0 fully saturated rings. The van der Waals surface area contributed by atoms with Gasteiger partial charge in [-0.05, 0) is 30.2 Å². The van der Waals surface area contributed by atoms with Crippen molar-refractivity contribution in [2.45, 2.75) is 19.8 Å². The minimum absolute atomic E-state index is 0.321. The molecule has 0 atom stereocenters. The van der Waals surface area contributed by atoms with Gasteiger partial charge >= 0.3 is 0 Å². The highest BCUT2D eigenvalue weighted by Crippen LogP contribution is 2.31. The molecule has 1 heteroatoms. The molecule has 0 aliphatic carbocycles. The van der Waals surface area contributed by atoms with Crippen molar-refractivity contribution in [3.63, 3.8) is 0 Å². The Balaban J connectivity index is 2.54. The second-order valence-corrected chi connectivity index (χ2v) is 3.77. The summed E-state index contributed by atoms with van der Waals surface area (Å²) in [6, 6.07) is 17.3. The maximum atomic E-state index is 9.94. The Morgan fingerprint density at radius 3 is 2.75 bits per heavy atom. The van der Waals surface area contributed by atoms with E-state index in [-0.39, 0.29) is 0 Å².